The fourth-order valence-electron chi connectivity index (χ4n) is 4.73. The number of hydrogen-bond donors (Lipinski definition) is 1. The van der Waals surface area contributed by atoms with Crippen LogP contribution in [0.3, 0.4) is 0 Å². The number of piperidine rings is 1. The van der Waals surface area contributed by atoms with Crippen LogP contribution in [-0.2, 0) is 34.3 Å². The number of hydrogen-bond acceptors (Lipinski definition) is 5. The predicted octanol–water partition coefficient (Wildman–Crippen LogP) is 2.08. The van der Waals surface area contributed by atoms with Gasteiger partial charge in [0.1, 0.15) is 12.4 Å². The minimum Gasteiger partial charge on any atom is -0.324 e. The van der Waals surface area contributed by atoms with E-state index in [-0.39, 0.29) is 23.0 Å². The van der Waals surface area contributed by atoms with E-state index >= 15 is 0 Å². The van der Waals surface area contributed by atoms with Crippen molar-refractivity contribution in [2.45, 2.75) is 63.9 Å². The maximum absolute atomic E-state index is 13.0. The molecule has 32 heavy (non-hydrogen) atoms. The molecule has 1 saturated heterocycles. The summed E-state index contributed by atoms with van der Waals surface area (Å²) in [5.41, 5.74) is 0.214. The number of aryl methyl sites for hydroxylation is 1. The van der Waals surface area contributed by atoms with E-state index in [1.807, 2.05) is 0 Å². The summed E-state index contributed by atoms with van der Waals surface area (Å²) in [6, 6.07) is 6.18. The van der Waals surface area contributed by atoms with Gasteiger partial charge < -0.3 is 5.32 Å². The van der Waals surface area contributed by atoms with E-state index in [1.165, 1.54) is 16.8 Å². The third-order valence-electron chi connectivity index (χ3n) is 6.19. The molecule has 1 aromatic carbocycles. The van der Waals surface area contributed by atoms with Crippen LogP contribution >= 0.6 is 0 Å². The van der Waals surface area contributed by atoms with Crippen molar-refractivity contribution in [2.24, 2.45) is 11.8 Å². The summed E-state index contributed by atoms with van der Waals surface area (Å²) in [4.78, 5) is 25.2. The predicted molar refractivity (Wildman–Crippen MR) is 121 cm³/mol. The van der Waals surface area contributed by atoms with Gasteiger partial charge in [0.25, 0.3) is 0 Å². The quantitative estimate of drug-likeness (QED) is 0.734. The number of nitrogens with zero attached hydrogens (tertiary/aromatic N) is 4. The summed E-state index contributed by atoms with van der Waals surface area (Å²) in [7, 11) is -3.57. The van der Waals surface area contributed by atoms with Gasteiger partial charge in [-0.25, -0.2) is 17.9 Å². The minimum atomic E-state index is -3.57. The third-order valence-corrected chi connectivity index (χ3v) is 8.03. The second kappa shape index (κ2) is 9.19. The molecule has 2 aromatic rings. The summed E-state index contributed by atoms with van der Waals surface area (Å²) in [6.45, 7) is 5.65. The number of aromatic nitrogens is 3. The first-order valence-electron chi connectivity index (χ1n) is 11.3. The Balaban J connectivity index is 1.42. The molecule has 0 saturated carbocycles. The number of benzene rings is 1. The molecule has 2 aliphatic heterocycles. The van der Waals surface area contributed by atoms with Crippen LogP contribution in [0.5, 0.6) is 0 Å². The number of amides is 1. The van der Waals surface area contributed by atoms with Crippen molar-refractivity contribution < 1.29 is 13.2 Å². The molecule has 0 bridgehead atoms. The molecule has 1 fully saturated rings. The molecule has 2 aliphatic rings. The van der Waals surface area contributed by atoms with Gasteiger partial charge in [0.05, 0.1) is 4.90 Å². The highest BCUT2D eigenvalue weighted by Gasteiger charge is 2.31. The van der Waals surface area contributed by atoms with Crippen molar-refractivity contribution in [1.82, 2.24) is 18.7 Å². The van der Waals surface area contributed by atoms with Gasteiger partial charge in [0, 0.05) is 31.7 Å². The molecule has 1 N–H and O–H groups in total. The van der Waals surface area contributed by atoms with Crippen LogP contribution in [0.2, 0.25) is 0 Å². The highest BCUT2D eigenvalue weighted by Crippen LogP contribution is 2.27. The Morgan fingerprint density at radius 1 is 1.09 bits per heavy atom. The lowest BCUT2D eigenvalue weighted by Gasteiger charge is -2.34. The summed E-state index contributed by atoms with van der Waals surface area (Å²) >= 11 is 0. The maximum atomic E-state index is 13.0. The molecule has 174 valence electrons. The van der Waals surface area contributed by atoms with Crippen molar-refractivity contribution in [1.29, 1.82) is 0 Å². The van der Waals surface area contributed by atoms with Crippen molar-refractivity contribution in [2.75, 3.05) is 18.4 Å². The molecule has 3 heterocycles. The van der Waals surface area contributed by atoms with Gasteiger partial charge >= 0.3 is 5.69 Å². The van der Waals surface area contributed by atoms with Crippen LogP contribution in [0, 0.1) is 11.8 Å². The zero-order valence-electron chi connectivity index (χ0n) is 18.7. The molecule has 4 rings (SSSR count). The largest absolute Gasteiger partial charge is 0.346 e. The van der Waals surface area contributed by atoms with Crippen molar-refractivity contribution >= 4 is 21.6 Å². The Morgan fingerprint density at radius 2 is 1.78 bits per heavy atom. The van der Waals surface area contributed by atoms with E-state index in [2.05, 4.69) is 24.3 Å². The molecule has 9 nitrogen and oxygen atoms in total. The first-order chi connectivity index (χ1) is 15.2. The van der Waals surface area contributed by atoms with Gasteiger partial charge in [-0.05, 0) is 55.4 Å². The Kier molecular flexibility index (Phi) is 6.52. The number of rotatable bonds is 5. The van der Waals surface area contributed by atoms with Gasteiger partial charge in [-0.15, -0.1) is 0 Å². The van der Waals surface area contributed by atoms with Gasteiger partial charge in [-0.2, -0.15) is 9.40 Å². The van der Waals surface area contributed by atoms with Crippen LogP contribution in [0.15, 0.2) is 34.0 Å². The van der Waals surface area contributed by atoms with Gasteiger partial charge in [-0.1, -0.05) is 20.3 Å². The summed E-state index contributed by atoms with van der Waals surface area (Å²) < 4.78 is 30.4. The second-order valence-corrected chi connectivity index (χ2v) is 11.1. The van der Waals surface area contributed by atoms with E-state index in [0.717, 1.165) is 37.9 Å². The van der Waals surface area contributed by atoms with Crippen molar-refractivity contribution in [3.8, 4) is 0 Å². The zero-order chi connectivity index (χ0) is 22.9. The molecule has 10 heteroatoms. The lowest BCUT2D eigenvalue weighted by Crippen LogP contribution is -2.42. The van der Waals surface area contributed by atoms with Gasteiger partial charge in [-0.3, -0.25) is 9.36 Å². The molecule has 0 radical (unpaired) electrons. The van der Waals surface area contributed by atoms with Crippen molar-refractivity contribution in [3.05, 3.63) is 40.6 Å². The fourth-order valence-corrected chi connectivity index (χ4v) is 6.41. The van der Waals surface area contributed by atoms with Crippen LogP contribution in [0.4, 0.5) is 5.69 Å². The average Bonchev–Trinajstić information content (AvgIpc) is 2.90. The van der Waals surface area contributed by atoms with Crippen molar-refractivity contribution in [3.63, 3.8) is 0 Å². The smallest absolute Gasteiger partial charge is 0.324 e. The number of carbonyl (C=O) groups excluding carboxylic acids is 1. The highest BCUT2D eigenvalue weighted by molar-refractivity contribution is 7.89. The average molecular weight is 462 g/mol. The number of anilines is 1. The zero-order valence-corrected chi connectivity index (χ0v) is 19.5. The Labute approximate surface area is 188 Å². The molecular weight excluding hydrogens is 430 g/mol. The monoisotopic (exact) mass is 461 g/mol. The molecule has 2 unspecified atom stereocenters. The normalized spacial score (nSPS) is 22.2. The first-order valence-corrected chi connectivity index (χ1v) is 12.7. The van der Waals surface area contributed by atoms with Crippen LogP contribution in [0.1, 0.15) is 45.4 Å². The molecule has 1 aromatic heterocycles. The number of fused-ring (bicyclic) bond motifs is 1. The van der Waals surface area contributed by atoms with Gasteiger partial charge in [0.15, 0.2) is 0 Å². The lowest BCUT2D eigenvalue weighted by molar-refractivity contribution is -0.117. The number of nitrogens with one attached hydrogen (secondary N) is 1. The van der Waals surface area contributed by atoms with E-state index < -0.39 is 10.0 Å². The van der Waals surface area contributed by atoms with Gasteiger partial charge in [0.2, 0.25) is 15.9 Å². The molecule has 0 spiro atoms. The Bertz CT molecular complexity index is 1130. The number of carbonyl (C=O) groups is 1. The first kappa shape index (κ1) is 22.7. The summed E-state index contributed by atoms with van der Waals surface area (Å²) in [5, 5.41) is 7.05. The highest BCUT2D eigenvalue weighted by atomic mass is 32.2. The second-order valence-electron chi connectivity index (χ2n) is 9.16. The topological polar surface area (TPSA) is 106 Å². The maximum Gasteiger partial charge on any atom is 0.346 e. The van der Waals surface area contributed by atoms with E-state index in [4.69, 9.17) is 0 Å². The number of sulfonamides is 1. The Hall–Kier alpha value is -2.46. The van der Waals surface area contributed by atoms with E-state index in [1.54, 1.807) is 21.0 Å². The van der Waals surface area contributed by atoms with Crippen LogP contribution in [-0.4, -0.2) is 46.1 Å². The van der Waals surface area contributed by atoms with Crippen LogP contribution in [0.25, 0.3) is 0 Å². The summed E-state index contributed by atoms with van der Waals surface area (Å²) in [5.74, 6) is 1.01. The molecule has 0 aliphatic carbocycles. The minimum absolute atomic E-state index is 0.178. The van der Waals surface area contributed by atoms with E-state index in [0.29, 0.717) is 37.2 Å². The molecule has 2 atom stereocenters. The lowest BCUT2D eigenvalue weighted by atomic mass is 9.94. The van der Waals surface area contributed by atoms with Crippen LogP contribution < -0.4 is 11.0 Å². The summed E-state index contributed by atoms with van der Waals surface area (Å²) in [6.07, 6.45) is 4.78. The SMILES string of the molecule is CC1CC(C)CN(S(=O)(=O)c2ccc(NC(=O)Cn3nc4n(c3=O)CCCCC4)cc2)C1. The molecular formula is C22H31N5O4S. The molecule has 1 amide bonds. The standard InChI is InChI=1S/C22H31N5O4S/c1-16-12-17(2)14-25(13-16)32(30,31)19-9-7-18(8-10-19)23-21(28)15-27-22(29)26-11-5-3-4-6-20(26)24-27/h7-10,16-17H,3-6,11-15H2,1-2H3,(H,23,28). The third kappa shape index (κ3) is 4.80. The van der Waals surface area contributed by atoms with E-state index in [9.17, 15) is 18.0 Å². The Morgan fingerprint density at radius 3 is 2.47 bits per heavy atom. The fraction of sp³-hybridized carbons (Fsp3) is 0.591.